The molecule has 7 nitrogen and oxygen atoms in total. The highest BCUT2D eigenvalue weighted by Gasteiger charge is 2.80. The van der Waals surface area contributed by atoms with Crippen LogP contribution in [0.2, 0.25) is 0 Å². The minimum Gasteiger partial charge on any atom is -0.458 e. The molecule has 1 heterocycles. The van der Waals surface area contributed by atoms with Gasteiger partial charge in [0.25, 0.3) is 0 Å². The maximum absolute atomic E-state index is 13.0. The van der Waals surface area contributed by atoms with Crippen molar-refractivity contribution in [1.29, 1.82) is 0 Å². The number of ketones is 1. The van der Waals surface area contributed by atoms with Crippen LogP contribution < -0.4 is 0 Å². The Labute approximate surface area is 187 Å². The normalized spacial score (nSPS) is 45.3. The molecule has 1 N–H and O–H groups in total. The van der Waals surface area contributed by atoms with E-state index in [0.717, 1.165) is 18.4 Å². The molecule has 5 aliphatic rings. The van der Waals surface area contributed by atoms with E-state index in [2.05, 4.69) is 19.1 Å². The zero-order valence-electron chi connectivity index (χ0n) is 19.0. The summed E-state index contributed by atoms with van der Waals surface area (Å²) in [6.07, 6.45) is 10.4. The summed E-state index contributed by atoms with van der Waals surface area (Å²) in [7, 11) is 0. The first kappa shape index (κ1) is 21.6. The highest BCUT2D eigenvalue weighted by molar-refractivity contribution is 5.91. The van der Waals surface area contributed by atoms with E-state index in [-0.39, 0.29) is 34.9 Å². The van der Waals surface area contributed by atoms with Gasteiger partial charge in [0, 0.05) is 24.7 Å². The molecule has 1 saturated heterocycles. The first-order valence-electron chi connectivity index (χ1n) is 11.3. The summed E-state index contributed by atoms with van der Waals surface area (Å²) in [6, 6.07) is 0. The predicted molar refractivity (Wildman–Crippen MR) is 113 cm³/mol. The second kappa shape index (κ2) is 6.64. The maximum atomic E-state index is 13.0. The molecule has 3 fully saturated rings. The largest absolute Gasteiger partial charge is 0.458 e. The van der Waals surface area contributed by atoms with Gasteiger partial charge < -0.3 is 19.3 Å². The summed E-state index contributed by atoms with van der Waals surface area (Å²) < 4.78 is 16.7. The minimum absolute atomic E-state index is 0.0816. The van der Waals surface area contributed by atoms with Gasteiger partial charge in [-0.3, -0.25) is 14.4 Å². The molecular weight excluding hydrogens is 412 g/mol. The summed E-state index contributed by atoms with van der Waals surface area (Å²) in [4.78, 5) is 35.6. The van der Waals surface area contributed by atoms with Crippen molar-refractivity contribution in [2.75, 3.05) is 6.61 Å². The van der Waals surface area contributed by atoms with Crippen molar-refractivity contribution in [1.82, 2.24) is 0 Å². The molecule has 2 saturated carbocycles. The Balaban J connectivity index is 1.47. The van der Waals surface area contributed by atoms with E-state index in [9.17, 15) is 19.5 Å². The molecule has 32 heavy (non-hydrogen) atoms. The van der Waals surface area contributed by atoms with Gasteiger partial charge in [0.05, 0.1) is 6.10 Å². The van der Waals surface area contributed by atoms with Crippen molar-refractivity contribution >= 4 is 17.7 Å². The van der Waals surface area contributed by atoms with E-state index in [1.807, 2.05) is 19.1 Å². The van der Waals surface area contributed by atoms with E-state index in [0.29, 0.717) is 18.6 Å². The Hall–Kier alpha value is -2.25. The fourth-order valence-electron chi connectivity index (χ4n) is 7.38. The molecule has 7 atom stereocenters. The van der Waals surface area contributed by atoms with Crippen LogP contribution >= 0.6 is 0 Å². The topological polar surface area (TPSA) is 102 Å². The van der Waals surface area contributed by atoms with Crippen LogP contribution in [0.25, 0.3) is 0 Å². The summed E-state index contributed by atoms with van der Waals surface area (Å²) in [5.74, 6) is -0.512. The van der Waals surface area contributed by atoms with Gasteiger partial charge in [0.15, 0.2) is 6.61 Å². The predicted octanol–water partition coefficient (Wildman–Crippen LogP) is 2.78. The van der Waals surface area contributed by atoms with Crippen LogP contribution in [-0.4, -0.2) is 46.7 Å². The van der Waals surface area contributed by atoms with Gasteiger partial charge in [-0.2, -0.15) is 0 Å². The molecular formula is C25H30O7. The Morgan fingerprint density at radius 2 is 1.94 bits per heavy atom. The van der Waals surface area contributed by atoms with Crippen molar-refractivity contribution in [3.8, 4) is 0 Å². The Bertz CT molecular complexity index is 1010. The van der Waals surface area contributed by atoms with Gasteiger partial charge in [-0.05, 0) is 62.2 Å². The average Bonchev–Trinajstić information content (AvgIpc) is 3.37. The number of esters is 2. The molecule has 0 aromatic carbocycles. The van der Waals surface area contributed by atoms with Crippen LogP contribution in [-0.2, 0) is 28.6 Å². The number of Topliss-reactive ketones (excluding diaryl/α,β-unsaturated/α-hetero) is 1. The van der Waals surface area contributed by atoms with E-state index >= 15 is 0 Å². The standard InChI is InChI=1S/C25H30O7/c1-14(26)30-13-20(28)24(29)10-8-18-19-6-5-16-11-17(31-15(2)27)7-9-22(16,3)25(19)21(32-25)12-23(18,24)4/h5,7,9,11,18-19,21,29H,6,8,10,12-13H2,1-4H3/t18-,19-,21-,22-,23-,24-,25+/m0/s1. The number of aliphatic hydroxyl groups is 1. The number of epoxide rings is 1. The fourth-order valence-corrected chi connectivity index (χ4v) is 7.38. The molecule has 1 spiro atoms. The quantitative estimate of drug-likeness (QED) is 0.528. The summed E-state index contributed by atoms with van der Waals surface area (Å²) in [5.41, 5.74) is -1.84. The first-order valence-corrected chi connectivity index (χ1v) is 11.3. The van der Waals surface area contributed by atoms with Crippen molar-refractivity contribution in [2.24, 2.45) is 22.7 Å². The van der Waals surface area contributed by atoms with Crippen LogP contribution in [0.5, 0.6) is 0 Å². The number of hydrogen-bond donors (Lipinski definition) is 1. The van der Waals surface area contributed by atoms with Crippen LogP contribution in [0.1, 0.15) is 53.4 Å². The monoisotopic (exact) mass is 442 g/mol. The Kier molecular flexibility index (Phi) is 4.48. The molecule has 0 bridgehead atoms. The van der Waals surface area contributed by atoms with Gasteiger partial charge in [0.2, 0.25) is 5.78 Å². The fraction of sp³-hybridized carbons (Fsp3) is 0.640. The SMILES string of the molecule is CC(=O)OCC(=O)[C@@]1(O)CC[C@H]2[C@@H]3CC=C4C=C(OC(C)=O)C=C[C@]4(C)[C@@]34O[C@H]4C[C@@]21C. The lowest BCUT2D eigenvalue weighted by Gasteiger charge is -2.54. The number of rotatable bonds is 4. The van der Waals surface area contributed by atoms with E-state index in [1.54, 1.807) is 0 Å². The van der Waals surface area contributed by atoms with E-state index < -0.39 is 29.4 Å². The summed E-state index contributed by atoms with van der Waals surface area (Å²) in [5, 5.41) is 11.6. The minimum atomic E-state index is -1.53. The van der Waals surface area contributed by atoms with Crippen molar-refractivity contribution in [2.45, 2.75) is 70.7 Å². The van der Waals surface area contributed by atoms with Gasteiger partial charge >= 0.3 is 11.9 Å². The number of fused-ring (bicyclic) bond motifs is 3. The number of carbonyl (C=O) groups excluding carboxylic acids is 3. The molecule has 0 amide bonds. The van der Waals surface area contributed by atoms with Crippen molar-refractivity contribution < 1.29 is 33.7 Å². The molecule has 0 unspecified atom stereocenters. The van der Waals surface area contributed by atoms with Crippen LogP contribution in [0.15, 0.2) is 35.6 Å². The average molecular weight is 443 g/mol. The van der Waals surface area contributed by atoms with Crippen LogP contribution in [0, 0.1) is 22.7 Å². The maximum Gasteiger partial charge on any atom is 0.308 e. The summed E-state index contributed by atoms with van der Waals surface area (Å²) >= 11 is 0. The second-order valence-corrected chi connectivity index (χ2v) is 10.4. The van der Waals surface area contributed by atoms with E-state index in [1.165, 1.54) is 13.8 Å². The smallest absolute Gasteiger partial charge is 0.308 e. The van der Waals surface area contributed by atoms with Gasteiger partial charge in [-0.15, -0.1) is 0 Å². The van der Waals surface area contributed by atoms with E-state index in [4.69, 9.17) is 14.2 Å². The highest BCUT2D eigenvalue weighted by atomic mass is 16.6. The lowest BCUT2D eigenvalue weighted by Crippen LogP contribution is -2.61. The van der Waals surface area contributed by atoms with Crippen molar-refractivity contribution in [3.05, 3.63) is 35.6 Å². The lowest BCUT2D eigenvalue weighted by molar-refractivity contribution is -0.165. The first-order chi connectivity index (χ1) is 15.0. The molecule has 0 aromatic rings. The zero-order valence-corrected chi connectivity index (χ0v) is 19.0. The third-order valence-electron chi connectivity index (χ3n) is 9.00. The molecule has 5 rings (SSSR count). The van der Waals surface area contributed by atoms with Gasteiger partial charge in [-0.1, -0.05) is 19.1 Å². The van der Waals surface area contributed by atoms with Crippen LogP contribution in [0.4, 0.5) is 0 Å². The lowest BCUT2D eigenvalue weighted by atomic mass is 9.48. The molecule has 1 aliphatic heterocycles. The van der Waals surface area contributed by atoms with Crippen LogP contribution in [0.3, 0.4) is 0 Å². The molecule has 0 radical (unpaired) electrons. The van der Waals surface area contributed by atoms with Gasteiger partial charge in [-0.25, -0.2) is 0 Å². The number of allylic oxidation sites excluding steroid dienone is 3. The summed E-state index contributed by atoms with van der Waals surface area (Å²) in [6.45, 7) is 6.41. The second-order valence-electron chi connectivity index (χ2n) is 10.4. The number of carbonyl (C=O) groups is 3. The third kappa shape index (κ3) is 2.58. The Morgan fingerprint density at radius 1 is 1.19 bits per heavy atom. The van der Waals surface area contributed by atoms with Crippen molar-refractivity contribution in [3.63, 3.8) is 0 Å². The number of ether oxygens (including phenoxy) is 3. The number of hydrogen-bond acceptors (Lipinski definition) is 7. The highest BCUT2D eigenvalue weighted by Crippen LogP contribution is 2.75. The molecule has 7 heteroatoms. The zero-order chi connectivity index (χ0) is 23.1. The van der Waals surface area contributed by atoms with Gasteiger partial charge in [0.1, 0.15) is 17.0 Å². The molecule has 172 valence electrons. The Morgan fingerprint density at radius 3 is 2.62 bits per heavy atom. The molecule has 4 aliphatic carbocycles. The molecule has 0 aromatic heterocycles. The third-order valence-corrected chi connectivity index (χ3v) is 9.00.